The van der Waals surface area contributed by atoms with Crippen LogP contribution in [-0.4, -0.2) is 56.0 Å². The lowest BCUT2D eigenvalue weighted by atomic mass is 10.0. The highest BCUT2D eigenvalue weighted by atomic mass is 32.1. The van der Waals surface area contributed by atoms with Gasteiger partial charge in [-0.3, -0.25) is 14.5 Å². The van der Waals surface area contributed by atoms with Gasteiger partial charge in [-0.1, -0.05) is 6.07 Å². The Morgan fingerprint density at radius 2 is 1.82 bits per heavy atom. The molecular weight excluding hydrogens is 452 g/mol. The molecule has 3 heterocycles. The number of benzene rings is 1. The van der Waals surface area contributed by atoms with E-state index in [9.17, 15) is 9.59 Å². The third-order valence-corrected chi connectivity index (χ3v) is 6.96. The van der Waals surface area contributed by atoms with Crippen molar-refractivity contribution in [2.45, 2.75) is 25.6 Å². The van der Waals surface area contributed by atoms with Gasteiger partial charge in [0, 0.05) is 42.8 Å². The van der Waals surface area contributed by atoms with Crippen molar-refractivity contribution in [1.29, 1.82) is 0 Å². The average molecular weight is 483 g/mol. The highest BCUT2D eigenvalue weighted by Crippen LogP contribution is 2.30. The Bertz CT molecular complexity index is 1050. The third-order valence-electron chi connectivity index (χ3n) is 6.02. The van der Waals surface area contributed by atoms with Crippen LogP contribution in [0.4, 0.5) is 5.69 Å². The number of piperazine rings is 1. The number of thiophene rings is 1. The summed E-state index contributed by atoms with van der Waals surface area (Å²) in [7, 11) is 1.67. The SMILES string of the molecule is COc1ccc(N2CCN([C@@H](c3cccs3)[C@H](C)NC(=O)C(=O)NCc3ccco3)CC2)cc1. The van der Waals surface area contributed by atoms with Crippen LogP contribution in [0.15, 0.2) is 64.6 Å². The first-order valence-electron chi connectivity index (χ1n) is 11.3. The zero-order valence-electron chi connectivity index (χ0n) is 19.4. The summed E-state index contributed by atoms with van der Waals surface area (Å²) in [6, 6.07) is 15.5. The minimum atomic E-state index is -0.669. The van der Waals surface area contributed by atoms with E-state index in [2.05, 4.69) is 38.6 Å². The summed E-state index contributed by atoms with van der Waals surface area (Å²) in [5.74, 6) is 0.133. The van der Waals surface area contributed by atoms with Crippen LogP contribution < -0.4 is 20.3 Å². The summed E-state index contributed by atoms with van der Waals surface area (Å²) in [6.45, 7) is 5.57. The lowest BCUT2D eigenvalue weighted by Crippen LogP contribution is -2.53. The summed E-state index contributed by atoms with van der Waals surface area (Å²) >= 11 is 1.66. The fraction of sp³-hybridized carbons (Fsp3) is 0.360. The number of carbonyl (C=O) groups excluding carboxylic acids is 2. The van der Waals surface area contributed by atoms with Gasteiger partial charge in [0.2, 0.25) is 0 Å². The van der Waals surface area contributed by atoms with Gasteiger partial charge in [0.05, 0.1) is 26.0 Å². The van der Waals surface area contributed by atoms with E-state index in [1.54, 1.807) is 30.6 Å². The molecule has 34 heavy (non-hydrogen) atoms. The van der Waals surface area contributed by atoms with E-state index in [-0.39, 0.29) is 18.6 Å². The molecule has 0 radical (unpaired) electrons. The summed E-state index contributed by atoms with van der Waals surface area (Å²) in [6.07, 6.45) is 1.53. The van der Waals surface area contributed by atoms with Gasteiger partial charge >= 0.3 is 11.8 Å². The van der Waals surface area contributed by atoms with Crippen molar-refractivity contribution in [3.63, 3.8) is 0 Å². The maximum Gasteiger partial charge on any atom is 0.309 e. The first kappa shape index (κ1) is 23.8. The topological polar surface area (TPSA) is 87.0 Å². The first-order chi connectivity index (χ1) is 16.5. The van der Waals surface area contributed by atoms with Crippen molar-refractivity contribution < 1.29 is 18.7 Å². The molecule has 9 heteroatoms. The van der Waals surface area contributed by atoms with Crippen LogP contribution in [0.2, 0.25) is 0 Å². The first-order valence-corrected chi connectivity index (χ1v) is 12.2. The van der Waals surface area contributed by atoms with E-state index in [0.29, 0.717) is 5.76 Å². The van der Waals surface area contributed by atoms with Crippen LogP contribution in [0.3, 0.4) is 0 Å². The van der Waals surface area contributed by atoms with E-state index in [1.807, 2.05) is 30.5 Å². The summed E-state index contributed by atoms with van der Waals surface area (Å²) < 4.78 is 10.5. The number of nitrogens with one attached hydrogen (secondary N) is 2. The molecule has 1 fully saturated rings. The third kappa shape index (κ3) is 5.78. The standard InChI is InChI=1S/C25H30N4O4S/c1-18(27-25(31)24(30)26-17-21-5-3-15-33-21)23(22-6-4-16-34-22)29-13-11-28(12-14-29)19-7-9-20(32-2)10-8-19/h3-10,15-16,18,23H,11-14,17H2,1-2H3,(H,26,30)(H,27,31)/t18-,23+/m0/s1. The summed E-state index contributed by atoms with van der Waals surface area (Å²) in [5.41, 5.74) is 1.17. The predicted molar refractivity (Wildman–Crippen MR) is 132 cm³/mol. The smallest absolute Gasteiger partial charge is 0.309 e. The fourth-order valence-corrected chi connectivity index (χ4v) is 5.23. The Hall–Kier alpha value is -3.30. The highest BCUT2D eigenvalue weighted by Gasteiger charge is 2.32. The lowest BCUT2D eigenvalue weighted by Gasteiger charge is -2.42. The quantitative estimate of drug-likeness (QED) is 0.480. The van der Waals surface area contributed by atoms with Crippen molar-refractivity contribution in [3.8, 4) is 5.75 Å². The molecule has 1 aliphatic heterocycles. The highest BCUT2D eigenvalue weighted by molar-refractivity contribution is 7.10. The normalized spacial score (nSPS) is 16.0. The molecule has 2 atom stereocenters. The molecule has 0 unspecified atom stereocenters. The molecule has 0 aliphatic carbocycles. The van der Waals surface area contributed by atoms with E-state index < -0.39 is 11.8 Å². The predicted octanol–water partition coefficient (Wildman–Crippen LogP) is 3.03. The Labute approximate surface area is 203 Å². The van der Waals surface area contributed by atoms with Crippen LogP contribution in [-0.2, 0) is 16.1 Å². The molecular formula is C25H30N4O4S. The minimum Gasteiger partial charge on any atom is -0.497 e. The minimum absolute atomic E-state index is 0.0140. The fourth-order valence-electron chi connectivity index (χ4n) is 4.27. The van der Waals surface area contributed by atoms with Gasteiger partial charge in [0.15, 0.2) is 0 Å². The van der Waals surface area contributed by atoms with Crippen LogP contribution in [0.1, 0.15) is 23.6 Å². The van der Waals surface area contributed by atoms with E-state index in [0.717, 1.165) is 31.9 Å². The molecule has 1 aromatic carbocycles. The zero-order chi connectivity index (χ0) is 23.9. The maximum absolute atomic E-state index is 12.6. The van der Waals surface area contributed by atoms with Crippen molar-refractivity contribution in [2.75, 3.05) is 38.2 Å². The molecule has 2 N–H and O–H groups in total. The van der Waals surface area contributed by atoms with E-state index in [1.165, 1.54) is 16.8 Å². The molecule has 4 rings (SSSR count). The van der Waals surface area contributed by atoms with Gasteiger partial charge in [-0.05, 0) is 54.8 Å². The van der Waals surface area contributed by atoms with Gasteiger partial charge in [-0.2, -0.15) is 0 Å². The monoisotopic (exact) mass is 482 g/mol. The second kappa shape index (κ2) is 11.2. The molecule has 0 saturated carbocycles. The molecule has 1 aliphatic rings. The lowest BCUT2D eigenvalue weighted by molar-refractivity contribution is -0.140. The molecule has 3 aromatic rings. The van der Waals surface area contributed by atoms with E-state index >= 15 is 0 Å². The largest absolute Gasteiger partial charge is 0.497 e. The Kier molecular flexibility index (Phi) is 7.87. The average Bonchev–Trinajstić information content (AvgIpc) is 3.58. The maximum atomic E-state index is 12.6. The van der Waals surface area contributed by atoms with Gasteiger partial charge in [0.25, 0.3) is 0 Å². The van der Waals surface area contributed by atoms with Gasteiger partial charge in [0.1, 0.15) is 11.5 Å². The second-order valence-electron chi connectivity index (χ2n) is 8.21. The Balaban J connectivity index is 1.37. The Morgan fingerprint density at radius 1 is 1.06 bits per heavy atom. The number of methoxy groups -OCH3 is 1. The number of nitrogens with zero attached hydrogens (tertiary/aromatic N) is 2. The van der Waals surface area contributed by atoms with Crippen molar-refractivity contribution >= 4 is 28.8 Å². The molecule has 0 bridgehead atoms. The van der Waals surface area contributed by atoms with Crippen molar-refractivity contribution in [1.82, 2.24) is 15.5 Å². The molecule has 8 nitrogen and oxygen atoms in total. The van der Waals surface area contributed by atoms with Gasteiger partial charge < -0.3 is 24.7 Å². The number of amides is 2. The number of rotatable bonds is 8. The summed E-state index contributed by atoms with van der Waals surface area (Å²) in [5, 5.41) is 7.55. The van der Waals surface area contributed by atoms with Gasteiger partial charge in [-0.15, -0.1) is 11.3 Å². The van der Waals surface area contributed by atoms with Crippen LogP contribution in [0.5, 0.6) is 5.75 Å². The molecule has 1 saturated heterocycles. The van der Waals surface area contributed by atoms with E-state index in [4.69, 9.17) is 9.15 Å². The van der Waals surface area contributed by atoms with Crippen LogP contribution in [0.25, 0.3) is 0 Å². The van der Waals surface area contributed by atoms with Crippen LogP contribution in [0, 0.1) is 0 Å². The second-order valence-corrected chi connectivity index (χ2v) is 9.18. The molecule has 2 aromatic heterocycles. The number of ether oxygens (including phenoxy) is 1. The molecule has 2 amide bonds. The summed E-state index contributed by atoms with van der Waals surface area (Å²) in [4.78, 5) is 30.8. The number of furan rings is 1. The number of hydrogen-bond acceptors (Lipinski definition) is 7. The van der Waals surface area contributed by atoms with Crippen molar-refractivity contribution in [2.24, 2.45) is 0 Å². The van der Waals surface area contributed by atoms with Crippen molar-refractivity contribution in [3.05, 3.63) is 70.8 Å². The number of hydrogen-bond donors (Lipinski definition) is 2. The zero-order valence-corrected chi connectivity index (χ0v) is 20.2. The molecule has 180 valence electrons. The number of carbonyl (C=O) groups is 2. The van der Waals surface area contributed by atoms with Crippen LogP contribution >= 0.6 is 11.3 Å². The number of anilines is 1. The Morgan fingerprint density at radius 3 is 2.44 bits per heavy atom. The molecule has 0 spiro atoms. The van der Waals surface area contributed by atoms with Gasteiger partial charge in [-0.25, -0.2) is 0 Å².